The number of hydrogen-bond acceptors (Lipinski definition) is 2. The smallest absolute Gasteiger partial charge is 0.249 e. The van der Waals surface area contributed by atoms with Gasteiger partial charge in [0.15, 0.2) is 0 Å². The first kappa shape index (κ1) is 19.0. The molecular formula is C26H21NOS. The first-order chi connectivity index (χ1) is 14.3. The summed E-state index contributed by atoms with van der Waals surface area (Å²) in [6.07, 6.45) is 0. The fraction of sp³-hybridized carbons (Fsp3) is 0.0385. The second kappa shape index (κ2) is 9.26. The molecule has 0 saturated carbocycles. The Hall–Kier alpha value is -3.30. The number of carbonyl (C=O) groups is 1. The van der Waals surface area contributed by atoms with Crippen LogP contribution < -0.4 is 4.90 Å². The number of para-hydroxylation sites is 2. The van der Waals surface area contributed by atoms with E-state index in [4.69, 9.17) is 0 Å². The molecule has 0 aliphatic rings. The van der Waals surface area contributed by atoms with Crippen LogP contribution in [0.25, 0.3) is 0 Å². The van der Waals surface area contributed by atoms with Crippen LogP contribution in [0, 0.1) is 0 Å². The molecule has 3 heteroatoms. The van der Waals surface area contributed by atoms with E-state index in [-0.39, 0.29) is 11.2 Å². The summed E-state index contributed by atoms with van der Waals surface area (Å²) in [6.45, 7) is 0. The maximum absolute atomic E-state index is 14.0. The van der Waals surface area contributed by atoms with E-state index in [0.717, 1.165) is 21.8 Å². The third kappa shape index (κ3) is 4.58. The topological polar surface area (TPSA) is 20.3 Å². The summed E-state index contributed by atoms with van der Waals surface area (Å²) in [5.74, 6) is 0.0300. The van der Waals surface area contributed by atoms with E-state index < -0.39 is 0 Å². The van der Waals surface area contributed by atoms with E-state index in [2.05, 4.69) is 0 Å². The molecule has 29 heavy (non-hydrogen) atoms. The van der Waals surface area contributed by atoms with Gasteiger partial charge in [-0.1, -0.05) is 84.9 Å². The van der Waals surface area contributed by atoms with Crippen LogP contribution in [-0.4, -0.2) is 5.91 Å². The average Bonchev–Trinajstić information content (AvgIpc) is 2.80. The first-order valence-corrected chi connectivity index (χ1v) is 10.4. The van der Waals surface area contributed by atoms with Crippen LogP contribution >= 0.6 is 11.8 Å². The number of carbonyl (C=O) groups excluding carboxylic acids is 1. The van der Waals surface area contributed by atoms with Crippen molar-refractivity contribution in [3.8, 4) is 0 Å². The highest BCUT2D eigenvalue weighted by atomic mass is 32.2. The maximum Gasteiger partial charge on any atom is 0.249 e. The van der Waals surface area contributed by atoms with E-state index in [1.807, 2.05) is 126 Å². The predicted molar refractivity (Wildman–Crippen MR) is 122 cm³/mol. The Balaban J connectivity index is 1.78. The second-order valence-electron chi connectivity index (χ2n) is 6.57. The zero-order chi connectivity index (χ0) is 19.9. The van der Waals surface area contributed by atoms with Gasteiger partial charge in [0.1, 0.15) is 5.25 Å². The van der Waals surface area contributed by atoms with E-state index in [1.54, 1.807) is 11.8 Å². The lowest BCUT2D eigenvalue weighted by Crippen LogP contribution is -2.30. The highest BCUT2D eigenvalue weighted by Crippen LogP contribution is 2.39. The zero-order valence-electron chi connectivity index (χ0n) is 15.9. The average molecular weight is 396 g/mol. The molecule has 0 N–H and O–H groups in total. The molecule has 0 aliphatic carbocycles. The Kier molecular flexibility index (Phi) is 6.08. The molecule has 0 fully saturated rings. The van der Waals surface area contributed by atoms with Crippen molar-refractivity contribution in [3.05, 3.63) is 127 Å². The van der Waals surface area contributed by atoms with E-state index in [0.29, 0.717) is 0 Å². The molecule has 0 saturated heterocycles. The molecule has 0 aromatic heterocycles. The molecule has 0 heterocycles. The molecule has 142 valence electrons. The van der Waals surface area contributed by atoms with Crippen molar-refractivity contribution in [2.75, 3.05) is 4.90 Å². The van der Waals surface area contributed by atoms with Crippen molar-refractivity contribution in [3.63, 3.8) is 0 Å². The van der Waals surface area contributed by atoms with Gasteiger partial charge in [-0.2, -0.15) is 0 Å². The molecule has 0 radical (unpaired) electrons. The Labute approximate surface area is 175 Å². The zero-order valence-corrected chi connectivity index (χ0v) is 16.7. The number of hydrogen-bond donors (Lipinski definition) is 0. The minimum absolute atomic E-state index is 0.0300. The largest absolute Gasteiger partial charge is 0.280 e. The lowest BCUT2D eigenvalue weighted by Gasteiger charge is -2.28. The molecule has 2 nitrogen and oxygen atoms in total. The van der Waals surface area contributed by atoms with Gasteiger partial charge in [-0.05, 0) is 42.0 Å². The molecule has 4 aromatic rings. The number of nitrogens with zero attached hydrogens (tertiary/aromatic N) is 1. The van der Waals surface area contributed by atoms with Gasteiger partial charge in [-0.25, -0.2) is 0 Å². The second-order valence-corrected chi connectivity index (χ2v) is 7.74. The quantitative estimate of drug-likeness (QED) is 0.332. The molecule has 0 bridgehead atoms. The summed E-state index contributed by atoms with van der Waals surface area (Å²) in [6, 6.07) is 39.7. The third-order valence-electron chi connectivity index (χ3n) is 4.57. The fourth-order valence-electron chi connectivity index (χ4n) is 3.20. The Bertz CT molecular complexity index is 998. The van der Waals surface area contributed by atoms with Crippen LogP contribution in [0.4, 0.5) is 11.4 Å². The summed E-state index contributed by atoms with van der Waals surface area (Å²) in [4.78, 5) is 16.8. The Morgan fingerprint density at radius 3 is 1.48 bits per heavy atom. The molecular weight excluding hydrogens is 374 g/mol. The van der Waals surface area contributed by atoms with Crippen LogP contribution in [-0.2, 0) is 4.79 Å². The molecule has 1 amide bonds. The standard InChI is InChI=1S/C26H21NOS/c28-26(27(22-15-7-2-8-16-22)23-17-9-3-10-18-23)25(21-13-5-1-6-14-21)29-24-19-11-4-12-20-24/h1-20,25H/t25-/m0/s1. The van der Waals surface area contributed by atoms with Crippen LogP contribution in [0.15, 0.2) is 126 Å². The molecule has 1 atom stereocenters. The fourth-order valence-corrected chi connectivity index (χ4v) is 4.28. The van der Waals surface area contributed by atoms with E-state index >= 15 is 0 Å². The van der Waals surface area contributed by atoms with Gasteiger partial charge in [0.25, 0.3) is 0 Å². The number of thioether (sulfide) groups is 1. The highest BCUT2D eigenvalue weighted by Gasteiger charge is 2.29. The van der Waals surface area contributed by atoms with Gasteiger partial charge in [0, 0.05) is 16.3 Å². The lowest BCUT2D eigenvalue weighted by atomic mass is 10.1. The van der Waals surface area contributed by atoms with Gasteiger partial charge in [0.2, 0.25) is 5.91 Å². The van der Waals surface area contributed by atoms with Crippen LogP contribution in [0.5, 0.6) is 0 Å². The van der Waals surface area contributed by atoms with E-state index in [1.165, 1.54) is 0 Å². The monoisotopic (exact) mass is 395 g/mol. The van der Waals surface area contributed by atoms with Gasteiger partial charge in [-0.3, -0.25) is 9.69 Å². The summed E-state index contributed by atoms with van der Waals surface area (Å²) < 4.78 is 0. The number of benzene rings is 4. The Morgan fingerprint density at radius 1 is 0.586 bits per heavy atom. The predicted octanol–water partition coefficient (Wildman–Crippen LogP) is 6.88. The number of rotatable bonds is 6. The van der Waals surface area contributed by atoms with Gasteiger partial charge < -0.3 is 0 Å². The summed E-state index contributed by atoms with van der Waals surface area (Å²) in [7, 11) is 0. The van der Waals surface area contributed by atoms with Gasteiger partial charge in [-0.15, -0.1) is 11.8 Å². The number of anilines is 2. The third-order valence-corrected chi connectivity index (χ3v) is 5.83. The minimum Gasteiger partial charge on any atom is -0.280 e. The normalized spacial score (nSPS) is 11.6. The van der Waals surface area contributed by atoms with Crippen LogP contribution in [0.2, 0.25) is 0 Å². The Morgan fingerprint density at radius 2 is 1.00 bits per heavy atom. The van der Waals surface area contributed by atoms with Crippen molar-refractivity contribution in [2.45, 2.75) is 10.1 Å². The molecule has 4 aromatic carbocycles. The first-order valence-electron chi connectivity index (χ1n) is 9.53. The lowest BCUT2D eigenvalue weighted by molar-refractivity contribution is -0.117. The SMILES string of the molecule is O=C([C@@H](Sc1ccccc1)c1ccccc1)N(c1ccccc1)c1ccccc1. The molecule has 0 aliphatic heterocycles. The van der Waals surface area contributed by atoms with Crippen molar-refractivity contribution >= 4 is 29.0 Å². The van der Waals surface area contributed by atoms with Gasteiger partial charge in [0.05, 0.1) is 0 Å². The van der Waals surface area contributed by atoms with Gasteiger partial charge >= 0.3 is 0 Å². The molecule has 0 spiro atoms. The van der Waals surface area contributed by atoms with Crippen molar-refractivity contribution in [1.82, 2.24) is 0 Å². The highest BCUT2D eigenvalue weighted by molar-refractivity contribution is 8.00. The minimum atomic E-state index is -0.362. The molecule has 4 rings (SSSR count). The van der Waals surface area contributed by atoms with Crippen LogP contribution in [0.3, 0.4) is 0 Å². The maximum atomic E-state index is 14.0. The van der Waals surface area contributed by atoms with Crippen molar-refractivity contribution < 1.29 is 4.79 Å². The molecule has 0 unspecified atom stereocenters. The summed E-state index contributed by atoms with van der Waals surface area (Å²) in [5, 5.41) is -0.362. The summed E-state index contributed by atoms with van der Waals surface area (Å²) in [5.41, 5.74) is 2.71. The van der Waals surface area contributed by atoms with Crippen LogP contribution in [0.1, 0.15) is 10.8 Å². The van der Waals surface area contributed by atoms with Crippen molar-refractivity contribution in [1.29, 1.82) is 0 Å². The van der Waals surface area contributed by atoms with E-state index in [9.17, 15) is 4.79 Å². The summed E-state index contributed by atoms with van der Waals surface area (Å²) >= 11 is 1.58. The van der Waals surface area contributed by atoms with Crippen molar-refractivity contribution in [2.24, 2.45) is 0 Å². The number of amides is 1.